The molecule has 0 aliphatic carbocycles. The number of carbonyl (C=O) groups excluding carboxylic acids is 1. The van der Waals surface area contributed by atoms with Gasteiger partial charge in [-0.15, -0.1) is 0 Å². The number of hydrogen-bond donors (Lipinski definition) is 1. The van der Waals surface area contributed by atoms with E-state index in [1.807, 2.05) is 24.3 Å². The second-order valence-electron chi connectivity index (χ2n) is 7.89. The molecular weight excluding hydrogens is 380 g/mol. The third-order valence-corrected chi connectivity index (χ3v) is 5.94. The Balaban J connectivity index is 1.53. The van der Waals surface area contributed by atoms with E-state index >= 15 is 0 Å². The van der Waals surface area contributed by atoms with Crippen molar-refractivity contribution >= 4 is 6.09 Å². The normalized spacial score (nSPS) is 16.0. The third-order valence-electron chi connectivity index (χ3n) is 5.94. The second-order valence-corrected chi connectivity index (χ2v) is 7.89. The minimum Gasteiger partial charge on any atom is -0.493 e. The van der Waals surface area contributed by atoms with Crippen LogP contribution in [0.15, 0.2) is 48.5 Å². The Kier molecular flexibility index (Phi) is 7.57. The molecule has 0 radical (unpaired) electrons. The minimum atomic E-state index is -0.371. The first kappa shape index (κ1) is 22.0. The van der Waals surface area contributed by atoms with Crippen LogP contribution >= 0.6 is 0 Å². The number of nitrogens with one attached hydrogen (secondary N) is 1. The maximum atomic E-state index is 12.3. The van der Waals surface area contributed by atoms with Crippen molar-refractivity contribution in [2.75, 3.05) is 47.5 Å². The molecule has 2 aromatic carbocycles. The predicted octanol–water partition coefficient (Wildman–Crippen LogP) is 3.64. The highest BCUT2D eigenvalue weighted by Gasteiger charge is 2.36. The molecule has 6 heteroatoms. The SMILES string of the molecule is COc1ccc(CCNC(=O)OCC2(c3ccccc3)CCN(C)CC2)cc1OC. The summed E-state index contributed by atoms with van der Waals surface area (Å²) in [5.41, 5.74) is 2.19. The smallest absolute Gasteiger partial charge is 0.407 e. The standard InChI is InChI=1S/C24H32N2O4/c1-26-15-12-24(13-16-26,20-7-5-4-6-8-20)18-30-23(27)25-14-11-19-9-10-21(28-2)22(17-19)29-3/h4-10,17H,11-16,18H2,1-3H3,(H,25,27). The number of ether oxygens (including phenoxy) is 3. The summed E-state index contributed by atoms with van der Waals surface area (Å²) in [6.45, 7) is 2.89. The number of likely N-dealkylation sites (tertiary alicyclic amines) is 1. The lowest BCUT2D eigenvalue weighted by Gasteiger charge is -2.40. The fourth-order valence-corrected chi connectivity index (χ4v) is 3.95. The van der Waals surface area contributed by atoms with E-state index in [0.29, 0.717) is 31.1 Å². The van der Waals surface area contributed by atoms with E-state index in [1.165, 1.54) is 5.56 Å². The molecule has 0 atom stereocenters. The molecule has 1 aliphatic heterocycles. The number of amides is 1. The van der Waals surface area contributed by atoms with Crippen molar-refractivity contribution in [1.29, 1.82) is 0 Å². The zero-order valence-electron chi connectivity index (χ0n) is 18.1. The highest BCUT2D eigenvalue weighted by molar-refractivity contribution is 5.67. The quantitative estimate of drug-likeness (QED) is 0.717. The van der Waals surface area contributed by atoms with E-state index < -0.39 is 0 Å². The highest BCUT2D eigenvalue weighted by atomic mass is 16.5. The van der Waals surface area contributed by atoms with E-state index in [4.69, 9.17) is 14.2 Å². The van der Waals surface area contributed by atoms with E-state index in [0.717, 1.165) is 31.5 Å². The van der Waals surface area contributed by atoms with Gasteiger partial charge in [0.05, 0.1) is 14.2 Å². The Morgan fingerprint density at radius 3 is 2.40 bits per heavy atom. The molecule has 0 spiro atoms. The Labute approximate surface area is 179 Å². The molecule has 1 aliphatic rings. The maximum absolute atomic E-state index is 12.3. The first-order valence-electron chi connectivity index (χ1n) is 10.4. The minimum absolute atomic E-state index is 0.117. The predicted molar refractivity (Wildman–Crippen MR) is 117 cm³/mol. The van der Waals surface area contributed by atoms with Crippen molar-refractivity contribution in [1.82, 2.24) is 10.2 Å². The van der Waals surface area contributed by atoms with E-state index in [9.17, 15) is 4.79 Å². The van der Waals surface area contributed by atoms with Gasteiger partial charge in [-0.05, 0) is 62.7 Å². The monoisotopic (exact) mass is 412 g/mol. The summed E-state index contributed by atoms with van der Waals surface area (Å²) in [5, 5.41) is 2.87. The van der Waals surface area contributed by atoms with Gasteiger partial charge in [0.15, 0.2) is 11.5 Å². The lowest BCUT2D eigenvalue weighted by Crippen LogP contribution is -2.45. The molecule has 1 saturated heterocycles. The fourth-order valence-electron chi connectivity index (χ4n) is 3.95. The Morgan fingerprint density at radius 2 is 1.73 bits per heavy atom. The van der Waals surface area contributed by atoms with Crippen LogP contribution in [-0.4, -0.2) is 58.5 Å². The molecule has 1 N–H and O–H groups in total. The van der Waals surface area contributed by atoms with Crippen molar-refractivity contribution in [2.45, 2.75) is 24.7 Å². The number of nitrogens with zero attached hydrogens (tertiary/aromatic N) is 1. The molecular formula is C24H32N2O4. The summed E-state index contributed by atoms with van der Waals surface area (Å²) >= 11 is 0. The Hall–Kier alpha value is -2.73. The van der Waals surface area contributed by atoms with Crippen LogP contribution in [0.25, 0.3) is 0 Å². The summed E-state index contributed by atoms with van der Waals surface area (Å²) in [7, 11) is 5.36. The molecule has 0 saturated carbocycles. The Bertz CT molecular complexity index is 817. The van der Waals surface area contributed by atoms with Gasteiger partial charge in [-0.1, -0.05) is 36.4 Å². The van der Waals surface area contributed by atoms with Crippen molar-refractivity contribution < 1.29 is 19.0 Å². The van der Waals surface area contributed by atoms with Crippen molar-refractivity contribution in [3.05, 3.63) is 59.7 Å². The van der Waals surface area contributed by atoms with E-state index in [-0.39, 0.29) is 11.5 Å². The van der Waals surface area contributed by atoms with Crippen molar-refractivity contribution in [3.63, 3.8) is 0 Å². The first-order chi connectivity index (χ1) is 14.6. The molecule has 0 unspecified atom stereocenters. The fraction of sp³-hybridized carbons (Fsp3) is 0.458. The highest BCUT2D eigenvalue weighted by Crippen LogP contribution is 2.35. The summed E-state index contributed by atoms with van der Waals surface area (Å²) in [6, 6.07) is 16.2. The van der Waals surface area contributed by atoms with Crippen LogP contribution in [0.1, 0.15) is 24.0 Å². The number of hydrogen-bond acceptors (Lipinski definition) is 5. The summed E-state index contributed by atoms with van der Waals surface area (Å²) < 4.78 is 16.3. The van der Waals surface area contributed by atoms with E-state index in [1.54, 1.807) is 14.2 Å². The summed E-state index contributed by atoms with van der Waals surface area (Å²) in [5.74, 6) is 1.38. The van der Waals surface area contributed by atoms with Crippen LogP contribution in [0.2, 0.25) is 0 Å². The number of piperidine rings is 1. The molecule has 0 bridgehead atoms. The average molecular weight is 413 g/mol. The molecule has 1 heterocycles. The lowest BCUT2D eigenvalue weighted by molar-refractivity contribution is 0.0820. The maximum Gasteiger partial charge on any atom is 0.407 e. The summed E-state index contributed by atoms with van der Waals surface area (Å²) in [6.07, 6.45) is 2.27. The zero-order valence-corrected chi connectivity index (χ0v) is 18.1. The first-order valence-corrected chi connectivity index (χ1v) is 10.4. The second kappa shape index (κ2) is 10.3. The van der Waals surface area contributed by atoms with Gasteiger partial charge in [0.25, 0.3) is 0 Å². The third kappa shape index (κ3) is 5.45. The summed E-state index contributed by atoms with van der Waals surface area (Å²) in [4.78, 5) is 14.7. The van der Waals surface area contributed by atoms with Gasteiger partial charge in [-0.2, -0.15) is 0 Å². The number of alkyl carbamates (subject to hydrolysis) is 1. The molecule has 6 nitrogen and oxygen atoms in total. The topological polar surface area (TPSA) is 60.0 Å². The molecule has 162 valence electrons. The molecule has 0 aromatic heterocycles. The van der Waals surface area contributed by atoms with Crippen LogP contribution in [0, 0.1) is 0 Å². The van der Waals surface area contributed by atoms with Gasteiger partial charge in [0, 0.05) is 12.0 Å². The molecule has 30 heavy (non-hydrogen) atoms. The number of benzene rings is 2. The number of methoxy groups -OCH3 is 2. The van der Waals surface area contributed by atoms with Crippen LogP contribution in [-0.2, 0) is 16.6 Å². The van der Waals surface area contributed by atoms with Gasteiger partial charge in [-0.3, -0.25) is 0 Å². The van der Waals surface area contributed by atoms with Crippen LogP contribution in [0.4, 0.5) is 4.79 Å². The van der Waals surface area contributed by atoms with Gasteiger partial charge < -0.3 is 24.4 Å². The molecule has 1 amide bonds. The zero-order chi connectivity index (χ0) is 21.4. The van der Waals surface area contributed by atoms with Gasteiger partial charge in [0.1, 0.15) is 6.61 Å². The van der Waals surface area contributed by atoms with Gasteiger partial charge in [-0.25, -0.2) is 4.79 Å². The van der Waals surface area contributed by atoms with E-state index in [2.05, 4.69) is 41.5 Å². The Morgan fingerprint density at radius 1 is 1.03 bits per heavy atom. The van der Waals surface area contributed by atoms with Crippen LogP contribution in [0.3, 0.4) is 0 Å². The average Bonchev–Trinajstić information content (AvgIpc) is 2.79. The van der Waals surface area contributed by atoms with Crippen molar-refractivity contribution in [3.8, 4) is 11.5 Å². The van der Waals surface area contributed by atoms with Crippen molar-refractivity contribution in [2.24, 2.45) is 0 Å². The molecule has 3 rings (SSSR count). The molecule has 2 aromatic rings. The van der Waals surface area contributed by atoms with Gasteiger partial charge in [0.2, 0.25) is 0 Å². The van der Waals surface area contributed by atoms with Gasteiger partial charge >= 0.3 is 6.09 Å². The molecule has 1 fully saturated rings. The van der Waals surface area contributed by atoms with Crippen LogP contribution in [0.5, 0.6) is 11.5 Å². The number of carbonyl (C=O) groups is 1. The lowest BCUT2D eigenvalue weighted by atomic mass is 9.73. The van der Waals surface area contributed by atoms with Crippen LogP contribution < -0.4 is 14.8 Å². The number of rotatable bonds is 8. The largest absolute Gasteiger partial charge is 0.493 e.